The first-order valence-corrected chi connectivity index (χ1v) is 6.30. The quantitative estimate of drug-likeness (QED) is 0.880. The number of ether oxygens (including phenoxy) is 3. The van der Waals surface area contributed by atoms with Crippen LogP contribution in [0.1, 0.15) is 11.1 Å². The second kappa shape index (κ2) is 6.82. The van der Waals surface area contributed by atoms with Gasteiger partial charge in [0.15, 0.2) is 0 Å². The van der Waals surface area contributed by atoms with Crippen molar-refractivity contribution in [2.24, 2.45) is 0 Å². The van der Waals surface area contributed by atoms with Crippen LogP contribution in [0.5, 0.6) is 17.2 Å². The van der Waals surface area contributed by atoms with E-state index < -0.39 is 0 Å². The molecule has 0 saturated heterocycles. The third-order valence-electron chi connectivity index (χ3n) is 2.96. The van der Waals surface area contributed by atoms with Crippen molar-refractivity contribution in [1.82, 2.24) is 0 Å². The molecule has 0 unspecified atom stereocenters. The summed E-state index contributed by atoms with van der Waals surface area (Å²) in [6, 6.07) is 12.9. The van der Waals surface area contributed by atoms with E-state index in [9.17, 15) is 5.11 Å². The lowest BCUT2D eigenvalue weighted by molar-refractivity contribution is 0.278. The number of rotatable bonds is 6. The molecule has 20 heavy (non-hydrogen) atoms. The van der Waals surface area contributed by atoms with Crippen LogP contribution in [0.4, 0.5) is 0 Å². The van der Waals surface area contributed by atoms with Crippen molar-refractivity contribution in [3.05, 3.63) is 53.6 Å². The highest BCUT2D eigenvalue weighted by Crippen LogP contribution is 2.24. The molecule has 0 aliphatic carbocycles. The van der Waals surface area contributed by atoms with Gasteiger partial charge in [0.2, 0.25) is 0 Å². The Kier molecular flexibility index (Phi) is 4.85. The van der Waals surface area contributed by atoms with Gasteiger partial charge < -0.3 is 19.3 Å². The lowest BCUT2D eigenvalue weighted by atomic mass is 10.1. The molecule has 0 aromatic heterocycles. The van der Waals surface area contributed by atoms with Gasteiger partial charge in [-0.15, -0.1) is 0 Å². The van der Waals surface area contributed by atoms with Gasteiger partial charge in [-0.25, -0.2) is 0 Å². The van der Waals surface area contributed by atoms with Gasteiger partial charge in [0.25, 0.3) is 0 Å². The Bertz CT molecular complexity index is 566. The van der Waals surface area contributed by atoms with Crippen LogP contribution >= 0.6 is 0 Å². The third kappa shape index (κ3) is 3.42. The van der Waals surface area contributed by atoms with E-state index in [4.69, 9.17) is 14.2 Å². The van der Waals surface area contributed by atoms with Crippen molar-refractivity contribution >= 4 is 0 Å². The van der Waals surface area contributed by atoms with E-state index in [1.807, 2.05) is 42.5 Å². The van der Waals surface area contributed by atoms with Crippen molar-refractivity contribution < 1.29 is 19.3 Å². The fourth-order valence-corrected chi connectivity index (χ4v) is 1.90. The number of aliphatic hydroxyl groups is 1. The molecule has 0 aliphatic rings. The van der Waals surface area contributed by atoms with Crippen molar-refractivity contribution in [1.29, 1.82) is 0 Å². The Labute approximate surface area is 118 Å². The summed E-state index contributed by atoms with van der Waals surface area (Å²) in [6.07, 6.45) is 0. The lowest BCUT2D eigenvalue weighted by Crippen LogP contribution is -2.00. The maximum absolute atomic E-state index is 9.18. The molecule has 106 valence electrons. The molecule has 0 saturated carbocycles. The van der Waals surface area contributed by atoms with Gasteiger partial charge in [-0.1, -0.05) is 12.1 Å². The van der Waals surface area contributed by atoms with Crippen molar-refractivity contribution in [3.8, 4) is 17.2 Å². The van der Waals surface area contributed by atoms with Gasteiger partial charge in [-0.3, -0.25) is 0 Å². The molecule has 0 spiro atoms. The Morgan fingerprint density at radius 2 is 1.75 bits per heavy atom. The molecular formula is C16H18O4. The van der Waals surface area contributed by atoms with E-state index in [0.29, 0.717) is 6.61 Å². The summed E-state index contributed by atoms with van der Waals surface area (Å²) in [7, 11) is 3.23. The Hall–Kier alpha value is -2.20. The zero-order chi connectivity index (χ0) is 14.4. The van der Waals surface area contributed by atoms with Crippen LogP contribution in [-0.2, 0) is 13.2 Å². The second-order valence-corrected chi connectivity index (χ2v) is 4.27. The zero-order valence-electron chi connectivity index (χ0n) is 11.6. The van der Waals surface area contributed by atoms with Crippen LogP contribution in [0, 0.1) is 0 Å². The lowest BCUT2D eigenvalue weighted by Gasteiger charge is -2.12. The van der Waals surface area contributed by atoms with E-state index in [-0.39, 0.29) is 6.61 Å². The van der Waals surface area contributed by atoms with Gasteiger partial charge in [0.05, 0.1) is 20.8 Å². The van der Waals surface area contributed by atoms with Crippen LogP contribution in [0.25, 0.3) is 0 Å². The number of methoxy groups -OCH3 is 2. The Balaban J connectivity index is 2.12. The van der Waals surface area contributed by atoms with Gasteiger partial charge >= 0.3 is 0 Å². The molecule has 0 radical (unpaired) electrons. The minimum atomic E-state index is -0.00382. The van der Waals surface area contributed by atoms with Gasteiger partial charge in [0.1, 0.15) is 23.9 Å². The smallest absolute Gasteiger partial charge is 0.125 e. The normalized spacial score (nSPS) is 10.2. The van der Waals surface area contributed by atoms with E-state index in [1.54, 1.807) is 14.2 Å². The van der Waals surface area contributed by atoms with E-state index in [2.05, 4.69) is 0 Å². The van der Waals surface area contributed by atoms with Gasteiger partial charge in [0, 0.05) is 11.6 Å². The largest absolute Gasteiger partial charge is 0.497 e. The molecule has 0 aliphatic heterocycles. The van der Waals surface area contributed by atoms with E-state index >= 15 is 0 Å². The molecule has 0 atom stereocenters. The summed E-state index contributed by atoms with van der Waals surface area (Å²) in [4.78, 5) is 0. The zero-order valence-corrected chi connectivity index (χ0v) is 11.6. The number of aliphatic hydroxyl groups excluding tert-OH is 1. The predicted octanol–water partition coefficient (Wildman–Crippen LogP) is 2.78. The molecule has 4 nitrogen and oxygen atoms in total. The first kappa shape index (κ1) is 14.2. The topological polar surface area (TPSA) is 47.9 Å². The fourth-order valence-electron chi connectivity index (χ4n) is 1.90. The average Bonchev–Trinajstić information content (AvgIpc) is 2.52. The SMILES string of the molecule is COc1cccc(OCc2cc(CO)ccc2OC)c1. The molecule has 0 heterocycles. The molecular weight excluding hydrogens is 256 g/mol. The van der Waals surface area contributed by atoms with Gasteiger partial charge in [-0.2, -0.15) is 0 Å². The average molecular weight is 274 g/mol. The first-order chi connectivity index (χ1) is 9.76. The van der Waals surface area contributed by atoms with Crippen LogP contribution in [0.2, 0.25) is 0 Å². The molecule has 2 aromatic carbocycles. The summed E-state index contributed by atoms with van der Waals surface area (Å²) in [5.41, 5.74) is 1.72. The van der Waals surface area contributed by atoms with Crippen LogP contribution in [-0.4, -0.2) is 19.3 Å². The first-order valence-electron chi connectivity index (χ1n) is 6.30. The summed E-state index contributed by atoms with van der Waals surface area (Å²) in [5.74, 6) is 2.21. The summed E-state index contributed by atoms with van der Waals surface area (Å²) >= 11 is 0. The highest BCUT2D eigenvalue weighted by molar-refractivity contribution is 5.38. The van der Waals surface area contributed by atoms with Crippen LogP contribution in [0.3, 0.4) is 0 Å². The predicted molar refractivity (Wildman–Crippen MR) is 76.2 cm³/mol. The van der Waals surface area contributed by atoms with Crippen LogP contribution < -0.4 is 14.2 Å². The van der Waals surface area contributed by atoms with Crippen molar-refractivity contribution in [2.45, 2.75) is 13.2 Å². The third-order valence-corrected chi connectivity index (χ3v) is 2.96. The van der Waals surface area contributed by atoms with E-state index in [1.165, 1.54) is 0 Å². The Morgan fingerprint density at radius 1 is 0.950 bits per heavy atom. The monoisotopic (exact) mass is 274 g/mol. The molecule has 2 rings (SSSR count). The summed E-state index contributed by atoms with van der Waals surface area (Å²) < 4.78 is 16.2. The van der Waals surface area contributed by atoms with E-state index in [0.717, 1.165) is 28.4 Å². The van der Waals surface area contributed by atoms with Crippen molar-refractivity contribution in [2.75, 3.05) is 14.2 Å². The minimum absolute atomic E-state index is 0.00382. The maximum atomic E-state index is 9.18. The van der Waals surface area contributed by atoms with Gasteiger partial charge in [-0.05, 0) is 29.8 Å². The fraction of sp³-hybridized carbons (Fsp3) is 0.250. The minimum Gasteiger partial charge on any atom is -0.497 e. The number of hydrogen-bond acceptors (Lipinski definition) is 4. The summed E-state index contributed by atoms with van der Waals surface area (Å²) in [5, 5.41) is 9.18. The standard InChI is InChI=1S/C16H18O4/c1-18-14-4-3-5-15(9-14)20-11-13-8-12(10-17)6-7-16(13)19-2/h3-9,17H,10-11H2,1-2H3. The Morgan fingerprint density at radius 3 is 2.45 bits per heavy atom. The molecule has 2 aromatic rings. The number of hydrogen-bond donors (Lipinski definition) is 1. The number of benzene rings is 2. The highest BCUT2D eigenvalue weighted by atomic mass is 16.5. The molecule has 4 heteroatoms. The molecule has 0 amide bonds. The summed E-state index contributed by atoms with van der Waals surface area (Å²) in [6.45, 7) is 0.361. The molecule has 0 fully saturated rings. The van der Waals surface area contributed by atoms with Crippen molar-refractivity contribution in [3.63, 3.8) is 0 Å². The molecule has 1 N–H and O–H groups in total. The second-order valence-electron chi connectivity index (χ2n) is 4.27. The maximum Gasteiger partial charge on any atom is 0.125 e. The molecule has 0 bridgehead atoms. The highest BCUT2D eigenvalue weighted by Gasteiger charge is 2.06. The van der Waals surface area contributed by atoms with Crippen LogP contribution in [0.15, 0.2) is 42.5 Å².